The van der Waals surface area contributed by atoms with Crippen molar-refractivity contribution in [2.75, 3.05) is 6.61 Å². The fourth-order valence-electron chi connectivity index (χ4n) is 2.05. The Morgan fingerprint density at radius 2 is 2.26 bits per heavy atom. The molecule has 0 bridgehead atoms. The van der Waals surface area contributed by atoms with Crippen LogP contribution in [0, 0.1) is 5.92 Å². The lowest BCUT2D eigenvalue weighted by atomic mass is 10.0. The summed E-state index contributed by atoms with van der Waals surface area (Å²) in [6.45, 7) is 9.86. The van der Waals surface area contributed by atoms with Gasteiger partial charge in [0.2, 0.25) is 5.91 Å². The van der Waals surface area contributed by atoms with Gasteiger partial charge in [-0.1, -0.05) is 26.0 Å². The van der Waals surface area contributed by atoms with E-state index in [4.69, 9.17) is 4.74 Å². The molecule has 1 fully saturated rings. The highest BCUT2D eigenvalue weighted by Crippen LogP contribution is 2.20. The average molecular weight is 265 g/mol. The van der Waals surface area contributed by atoms with E-state index in [9.17, 15) is 9.59 Å². The number of unbranched alkanes of at least 4 members (excludes halogenated alkanes) is 1. The Hall–Kier alpha value is -1.58. The van der Waals surface area contributed by atoms with Gasteiger partial charge < -0.3 is 10.1 Å². The Balaban J connectivity index is 2.54. The molecule has 0 aromatic heterocycles. The number of nitrogens with one attached hydrogen (secondary N) is 1. The van der Waals surface area contributed by atoms with Crippen molar-refractivity contribution in [3.8, 4) is 0 Å². The van der Waals surface area contributed by atoms with Crippen molar-refractivity contribution in [2.45, 2.75) is 45.1 Å². The second kappa shape index (κ2) is 7.77. The summed E-state index contributed by atoms with van der Waals surface area (Å²) in [5.41, 5.74) is 0.342. The van der Waals surface area contributed by atoms with E-state index in [1.165, 1.54) is 0 Å². The topological polar surface area (TPSA) is 55.4 Å². The molecule has 106 valence electrons. The minimum atomic E-state index is -0.407. The molecule has 0 saturated carbocycles. The minimum Gasteiger partial charge on any atom is -0.462 e. The van der Waals surface area contributed by atoms with Gasteiger partial charge in [-0.25, -0.2) is 4.79 Å². The number of carbonyl (C=O) groups is 2. The van der Waals surface area contributed by atoms with E-state index in [1.807, 2.05) is 6.92 Å². The Kier molecular flexibility index (Phi) is 6.33. The van der Waals surface area contributed by atoms with Gasteiger partial charge in [-0.15, -0.1) is 6.58 Å². The fourth-order valence-corrected chi connectivity index (χ4v) is 2.05. The van der Waals surface area contributed by atoms with Gasteiger partial charge in [-0.3, -0.25) is 4.79 Å². The molecule has 0 spiro atoms. The predicted molar refractivity (Wildman–Crippen MR) is 74.5 cm³/mol. The first-order valence-corrected chi connectivity index (χ1v) is 6.89. The van der Waals surface area contributed by atoms with Crippen molar-refractivity contribution in [1.29, 1.82) is 0 Å². The summed E-state index contributed by atoms with van der Waals surface area (Å²) < 4.78 is 5.12. The number of esters is 1. The molecule has 0 aromatic rings. The highest BCUT2D eigenvalue weighted by Gasteiger charge is 2.27. The van der Waals surface area contributed by atoms with Gasteiger partial charge in [0, 0.05) is 0 Å². The van der Waals surface area contributed by atoms with E-state index >= 15 is 0 Å². The molecule has 1 amide bonds. The van der Waals surface area contributed by atoms with Gasteiger partial charge in [0.05, 0.1) is 24.1 Å². The van der Waals surface area contributed by atoms with Crippen molar-refractivity contribution in [3.63, 3.8) is 0 Å². The summed E-state index contributed by atoms with van der Waals surface area (Å²) in [7, 11) is 0. The van der Waals surface area contributed by atoms with Crippen LogP contribution in [-0.2, 0) is 14.3 Å². The van der Waals surface area contributed by atoms with Crippen LogP contribution in [0.4, 0.5) is 0 Å². The molecule has 2 unspecified atom stereocenters. The highest BCUT2D eigenvalue weighted by atomic mass is 16.5. The number of hydrogen-bond acceptors (Lipinski definition) is 3. The summed E-state index contributed by atoms with van der Waals surface area (Å²) >= 11 is 0. The Labute approximate surface area is 114 Å². The van der Waals surface area contributed by atoms with Crippen LogP contribution in [0.5, 0.6) is 0 Å². The zero-order chi connectivity index (χ0) is 14.3. The third kappa shape index (κ3) is 4.54. The van der Waals surface area contributed by atoms with E-state index in [0.717, 1.165) is 32.1 Å². The van der Waals surface area contributed by atoms with Gasteiger partial charge in [0.1, 0.15) is 0 Å². The van der Waals surface area contributed by atoms with Gasteiger partial charge >= 0.3 is 5.97 Å². The average Bonchev–Trinajstić information content (AvgIpc) is 2.59. The Morgan fingerprint density at radius 1 is 1.53 bits per heavy atom. The monoisotopic (exact) mass is 265 g/mol. The van der Waals surface area contributed by atoms with E-state index in [2.05, 4.69) is 18.5 Å². The summed E-state index contributed by atoms with van der Waals surface area (Å²) in [6, 6.07) is -0.313. The van der Waals surface area contributed by atoms with Crippen molar-refractivity contribution in [2.24, 2.45) is 5.92 Å². The third-order valence-electron chi connectivity index (χ3n) is 3.36. The lowest BCUT2D eigenvalue weighted by molar-refractivity contribution is -0.139. The molecule has 2 atom stereocenters. The van der Waals surface area contributed by atoms with Crippen LogP contribution in [0.1, 0.15) is 39.0 Å². The lowest BCUT2D eigenvalue weighted by Gasteiger charge is -2.18. The molecule has 0 aliphatic carbocycles. The first kappa shape index (κ1) is 15.5. The van der Waals surface area contributed by atoms with E-state index in [1.54, 1.807) is 6.08 Å². The molecule has 1 N–H and O–H groups in total. The third-order valence-corrected chi connectivity index (χ3v) is 3.36. The maximum absolute atomic E-state index is 11.9. The van der Waals surface area contributed by atoms with Gasteiger partial charge in [-0.05, 0) is 25.7 Å². The second-order valence-electron chi connectivity index (χ2n) is 4.85. The number of ether oxygens (including phenoxy) is 1. The lowest BCUT2D eigenvalue weighted by Crippen LogP contribution is -2.39. The smallest absolute Gasteiger partial charge is 0.335 e. The van der Waals surface area contributed by atoms with Crippen LogP contribution in [0.3, 0.4) is 0 Å². The number of rotatable bonds is 6. The van der Waals surface area contributed by atoms with Crippen molar-refractivity contribution in [1.82, 2.24) is 5.32 Å². The maximum atomic E-state index is 11.9. The molecule has 1 aliphatic rings. The largest absolute Gasteiger partial charge is 0.462 e. The molecule has 4 nitrogen and oxygen atoms in total. The van der Waals surface area contributed by atoms with Gasteiger partial charge in [-0.2, -0.15) is 0 Å². The molecule has 0 radical (unpaired) electrons. The van der Waals surface area contributed by atoms with Crippen molar-refractivity contribution >= 4 is 11.9 Å². The second-order valence-corrected chi connectivity index (χ2v) is 4.85. The zero-order valence-corrected chi connectivity index (χ0v) is 11.6. The van der Waals surface area contributed by atoms with E-state index in [0.29, 0.717) is 12.2 Å². The molecule has 19 heavy (non-hydrogen) atoms. The van der Waals surface area contributed by atoms with Crippen LogP contribution in [0.15, 0.2) is 24.8 Å². The summed E-state index contributed by atoms with van der Waals surface area (Å²) in [5.74, 6) is -0.662. The molecular formula is C15H23NO3. The maximum Gasteiger partial charge on any atom is 0.335 e. The fraction of sp³-hybridized carbons (Fsp3) is 0.600. The Morgan fingerprint density at radius 3 is 2.89 bits per heavy atom. The van der Waals surface area contributed by atoms with Gasteiger partial charge in [0.15, 0.2) is 0 Å². The van der Waals surface area contributed by atoms with Crippen LogP contribution < -0.4 is 5.32 Å². The van der Waals surface area contributed by atoms with Crippen molar-refractivity contribution in [3.05, 3.63) is 24.8 Å². The van der Waals surface area contributed by atoms with Crippen molar-refractivity contribution < 1.29 is 14.3 Å². The van der Waals surface area contributed by atoms with Gasteiger partial charge in [0.25, 0.3) is 0 Å². The molecule has 1 saturated heterocycles. The van der Waals surface area contributed by atoms with E-state index in [-0.39, 0.29) is 17.9 Å². The van der Waals surface area contributed by atoms with Crippen LogP contribution in [-0.4, -0.2) is 24.5 Å². The van der Waals surface area contributed by atoms with Crippen LogP contribution in [0.2, 0.25) is 0 Å². The number of carbonyl (C=O) groups excluding carboxylic acids is 2. The zero-order valence-electron chi connectivity index (χ0n) is 11.6. The minimum absolute atomic E-state index is 0.0833. The SMILES string of the molecule is C=CC1CCCC(C(=C)C(=O)OCCCC)NC1=O. The molecular weight excluding hydrogens is 242 g/mol. The molecule has 1 rings (SSSR count). The normalized spacial score (nSPS) is 23.1. The standard InChI is InChI=1S/C15H23NO3/c1-4-6-10-19-15(18)11(3)13-9-7-8-12(5-2)14(17)16-13/h5,12-13H,2-4,6-10H2,1H3,(H,16,17). The summed E-state index contributed by atoms with van der Waals surface area (Å²) in [6.07, 6.45) is 5.82. The molecule has 1 aliphatic heterocycles. The highest BCUT2D eigenvalue weighted by molar-refractivity contribution is 5.91. The predicted octanol–water partition coefficient (Wildman–Crippen LogP) is 2.36. The molecule has 4 heteroatoms. The number of amides is 1. The van der Waals surface area contributed by atoms with Crippen LogP contribution >= 0.6 is 0 Å². The molecule has 1 heterocycles. The van der Waals surface area contributed by atoms with Crippen LogP contribution in [0.25, 0.3) is 0 Å². The number of hydrogen-bond donors (Lipinski definition) is 1. The first-order valence-electron chi connectivity index (χ1n) is 6.89. The quantitative estimate of drug-likeness (QED) is 0.347. The molecule has 0 aromatic carbocycles. The summed E-state index contributed by atoms with van der Waals surface area (Å²) in [5, 5.41) is 2.84. The van der Waals surface area contributed by atoms with E-state index < -0.39 is 5.97 Å². The first-order chi connectivity index (χ1) is 9.10. The summed E-state index contributed by atoms with van der Waals surface area (Å²) in [4.78, 5) is 23.7. The Bertz CT molecular complexity index is 362.